The Labute approximate surface area is 145 Å². The topological polar surface area (TPSA) is 76.1 Å². The zero-order valence-electron chi connectivity index (χ0n) is 10.4. The van der Waals surface area contributed by atoms with Crippen LogP contribution in [0.25, 0.3) is 0 Å². The van der Waals surface area contributed by atoms with Gasteiger partial charge >= 0.3 is 0 Å². The van der Waals surface area contributed by atoms with Gasteiger partial charge in [-0.15, -0.1) is 34.0 Å². The van der Waals surface area contributed by atoms with Crippen molar-refractivity contribution in [3.8, 4) is 0 Å². The van der Waals surface area contributed by atoms with Crippen molar-refractivity contribution >= 4 is 68.6 Å². The van der Waals surface area contributed by atoms with Gasteiger partial charge in [0.2, 0.25) is 0 Å². The Bertz CT molecular complexity index is 404. The second kappa shape index (κ2) is 10.4. The van der Waals surface area contributed by atoms with Crippen LogP contribution in [0.2, 0.25) is 0 Å². The van der Waals surface area contributed by atoms with Crippen LogP contribution in [0.5, 0.6) is 0 Å². The van der Waals surface area contributed by atoms with Gasteiger partial charge in [0.05, 0.1) is 0 Å². The zero-order valence-corrected chi connectivity index (χ0v) is 15.5. The van der Waals surface area contributed by atoms with E-state index in [9.17, 15) is 0 Å². The molecule has 0 spiro atoms. The fourth-order valence-electron chi connectivity index (χ4n) is 1.53. The highest BCUT2D eigenvalue weighted by Crippen LogP contribution is 2.09. The molecule has 1 aromatic rings. The fraction of sp³-hybridized carbons (Fsp3) is 0.273. The summed E-state index contributed by atoms with van der Waals surface area (Å²) in [5.41, 5.74) is 14.2. The molecule has 0 radical (unpaired) electrons. The van der Waals surface area contributed by atoms with Crippen molar-refractivity contribution in [2.45, 2.75) is 20.0 Å². The zero-order chi connectivity index (χ0) is 12.8. The lowest BCUT2D eigenvalue weighted by molar-refractivity contribution is 0.888. The smallest absolute Gasteiger partial charge is 0.163 e. The van der Waals surface area contributed by atoms with E-state index in [1.165, 1.54) is 5.56 Å². The molecule has 0 amide bonds. The standard InChI is InChI=1S/C11H16N4S2.2BrH/c1-7-2-8(5-14-10(12)16)4-9(3-7)6-15-11(13)17;;/h2-4H,5-6H2,1H3,(H3,12,14,16)(H3,13,15,17);2*1H. The first-order valence-corrected chi connectivity index (χ1v) is 5.95. The molecule has 0 aliphatic rings. The Hall–Kier alpha value is -0.440. The summed E-state index contributed by atoms with van der Waals surface area (Å²) in [4.78, 5) is 0. The molecule has 1 rings (SSSR count). The van der Waals surface area contributed by atoms with Gasteiger partial charge < -0.3 is 22.1 Å². The summed E-state index contributed by atoms with van der Waals surface area (Å²) in [5.74, 6) is 0. The van der Waals surface area contributed by atoms with E-state index in [4.69, 9.17) is 35.9 Å². The molecule has 108 valence electrons. The lowest BCUT2D eigenvalue weighted by atomic mass is 10.1. The summed E-state index contributed by atoms with van der Waals surface area (Å²) in [7, 11) is 0. The van der Waals surface area contributed by atoms with Crippen molar-refractivity contribution < 1.29 is 0 Å². The number of nitrogens with two attached hydrogens (primary N) is 2. The quantitative estimate of drug-likeness (QED) is 0.547. The van der Waals surface area contributed by atoms with E-state index in [1.54, 1.807) is 0 Å². The third kappa shape index (κ3) is 9.15. The summed E-state index contributed by atoms with van der Waals surface area (Å²) >= 11 is 9.53. The number of nitrogens with one attached hydrogen (secondary N) is 2. The van der Waals surface area contributed by atoms with Gasteiger partial charge in [0.15, 0.2) is 10.2 Å². The normalized spacial score (nSPS) is 8.68. The van der Waals surface area contributed by atoms with Crippen molar-refractivity contribution in [3.05, 3.63) is 34.9 Å². The average molecular weight is 430 g/mol. The third-order valence-electron chi connectivity index (χ3n) is 2.13. The van der Waals surface area contributed by atoms with E-state index in [2.05, 4.69) is 28.8 Å². The van der Waals surface area contributed by atoms with E-state index in [-0.39, 0.29) is 34.0 Å². The van der Waals surface area contributed by atoms with E-state index < -0.39 is 0 Å². The lowest BCUT2D eigenvalue weighted by Crippen LogP contribution is -2.29. The van der Waals surface area contributed by atoms with Crippen LogP contribution in [0.3, 0.4) is 0 Å². The molecule has 0 aromatic heterocycles. The molecule has 0 atom stereocenters. The number of hydrogen-bond donors (Lipinski definition) is 4. The monoisotopic (exact) mass is 428 g/mol. The van der Waals surface area contributed by atoms with Crippen LogP contribution in [0.15, 0.2) is 18.2 Å². The van der Waals surface area contributed by atoms with E-state index in [1.807, 2.05) is 6.92 Å². The molecule has 0 aliphatic carbocycles. The summed E-state index contributed by atoms with van der Waals surface area (Å²) < 4.78 is 0. The maximum absolute atomic E-state index is 5.39. The maximum atomic E-state index is 5.39. The first-order valence-electron chi connectivity index (χ1n) is 5.13. The van der Waals surface area contributed by atoms with E-state index >= 15 is 0 Å². The minimum absolute atomic E-state index is 0. The van der Waals surface area contributed by atoms with Crippen molar-refractivity contribution in [2.75, 3.05) is 0 Å². The van der Waals surface area contributed by atoms with E-state index in [0.717, 1.165) is 11.1 Å². The van der Waals surface area contributed by atoms with Crippen molar-refractivity contribution in [2.24, 2.45) is 11.5 Å². The molecule has 1 aromatic carbocycles. The highest BCUT2D eigenvalue weighted by atomic mass is 79.9. The third-order valence-corrected chi connectivity index (χ3v) is 2.42. The summed E-state index contributed by atoms with van der Waals surface area (Å²) in [6.45, 7) is 3.28. The van der Waals surface area contributed by atoms with Gasteiger partial charge in [0.25, 0.3) is 0 Å². The Balaban J connectivity index is 0. The van der Waals surface area contributed by atoms with Crippen LogP contribution in [-0.4, -0.2) is 10.2 Å². The van der Waals surface area contributed by atoms with Crippen LogP contribution in [-0.2, 0) is 13.1 Å². The van der Waals surface area contributed by atoms with Crippen LogP contribution in [0.4, 0.5) is 0 Å². The lowest BCUT2D eigenvalue weighted by Gasteiger charge is -2.09. The van der Waals surface area contributed by atoms with Gasteiger partial charge in [-0.2, -0.15) is 0 Å². The van der Waals surface area contributed by atoms with Gasteiger partial charge in [-0.05, 0) is 42.5 Å². The molecule has 0 heterocycles. The second-order valence-electron chi connectivity index (χ2n) is 3.76. The van der Waals surface area contributed by atoms with Crippen LogP contribution in [0.1, 0.15) is 16.7 Å². The Morgan fingerprint density at radius 3 is 1.63 bits per heavy atom. The minimum atomic E-state index is 0. The maximum Gasteiger partial charge on any atom is 0.163 e. The molecular formula is C11H18Br2N4S2. The first kappa shape index (κ1) is 20.9. The molecule has 19 heavy (non-hydrogen) atoms. The number of benzene rings is 1. The Morgan fingerprint density at radius 1 is 0.947 bits per heavy atom. The molecule has 4 nitrogen and oxygen atoms in total. The summed E-state index contributed by atoms with van der Waals surface area (Å²) in [6.07, 6.45) is 0. The minimum Gasteiger partial charge on any atom is -0.376 e. The molecule has 0 fully saturated rings. The predicted molar refractivity (Wildman–Crippen MR) is 99.1 cm³/mol. The predicted octanol–water partition coefficient (Wildman–Crippen LogP) is 1.82. The Kier molecular flexibility index (Phi) is 11.4. The number of thiocarbonyl (C=S) groups is 2. The molecule has 0 saturated heterocycles. The van der Waals surface area contributed by atoms with E-state index in [0.29, 0.717) is 23.3 Å². The molecule has 0 aliphatic heterocycles. The molecule has 6 N–H and O–H groups in total. The molecule has 0 saturated carbocycles. The number of hydrogen-bond acceptors (Lipinski definition) is 2. The molecule has 0 bridgehead atoms. The molecule has 0 unspecified atom stereocenters. The highest BCUT2D eigenvalue weighted by Gasteiger charge is 2.00. The van der Waals surface area contributed by atoms with Crippen molar-refractivity contribution in [1.82, 2.24) is 10.6 Å². The molecule has 8 heteroatoms. The highest BCUT2D eigenvalue weighted by molar-refractivity contribution is 8.93. The Morgan fingerprint density at radius 2 is 1.32 bits per heavy atom. The second-order valence-corrected chi connectivity index (χ2v) is 4.64. The van der Waals surface area contributed by atoms with Gasteiger partial charge in [-0.1, -0.05) is 23.8 Å². The summed E-state index contributed by atoms with van der Waals surface area (Å²) in [5, 5.41) is 6.44. The van der Waals surface area contributed by atoms with Gasteiger partial charge in [0, 0.05) is 13.1 Å². The van der Waals surface area contributed by atoms with Crippen molar-refractivity contribution in [1.29, 1.82) is 0 Å². The SMILES string of the molecule is Br.Br.Cc1cc(CNC(N)=S)cc(CNC(N)=S)c1. The van der Waals surface area contributed by atoms with Gasteiger partial charge in [-0.25, -0.2) is 0 Å². The number of aryl methyl sites for hydroxylation is 1. The summed E-state index contributed by atoms with van der Waals surface area (Å²) in [6, 6.07) is 6.22. The first-order chi connectivity index (χ1) is 7.97. The largest absolute Gasteiger partial charge is 0.376 e. The van der Waals surface area contributed by atoms with Crippen LogP contribution in [0, 0.1) is 6.92 Å². The number of rotatable bonds is 4. The van der Waals surface area contributed by atoms with Crippen LogP contribution >= 0.6 is 58.4 Å². The van der Waals surface area contributed by atoms with Crippen LogP contribution < -0.4 is 22.1 Å². The number of halogens is 2. The average Bonchev–Trinajstić information content (AvgIpc) is 2.23. The van der Waals surface area contributed by atoms with Gasteiger partial charge in [-0.3, -0.25) is 0 Å². The fourth-order valence-corrected chi connectivity index (χ4v) is 1.67. The van der Waals surface area contributed by atoms with Crippen molar-refractivity contribution in [3.63, 3.8) is 0 Å². The van der Waals surface area contributed by atoms with Gasteiger partial charge in [0.1, 0.15) is 0 Å². The molecular weight excluding hydrogens is 412 g/mol.